The van der Waals surface area contributed by atoms with Crippen LogP contribution in [0.2, 0.25) is 0 Å². The molecule has 8 heteroatoms. The van der Waals surface area contributed by atoms with E-state index in [-0.39, 0.29) is 0 Å². The number of aromatic nitrogens is 1. The molecule has 1 amide bonds. The molecule has 2 heterocycles. The third-order valence-electron chi connectivity index (χ3n) is 6.55. The molecule has 0 radical (unpaired) electrons. The molecule has 1 fully saturated rings. The Morgan fingerprint density at radius 1 is 1.14 bits per heavy atom. The van der Waals surface area contributed by atoms with Crippen molar-refractivity contribution in [2.24, 2.45) is 5.73 Å². The first-order valence-electron chi connectivity index (χ1n) is 12.4. The number of aromatic amines is 1. The van der Waals surface area contributed by atoms with E-state index < -0.39 is 16.9 Å². The summed E-state index contributed by atoms with van der Waals surface area (Å²) in [6, 6.07) is 13.9. The largest absolute Gasteiger partial charge is 0.494 e. The van der Waals surface area contributed by atoms with Gasteiger partial charge < -0.3 is 20.2 Å². The van der Waals surface area contributed by atoms with Gasteiger partial charge >= 0.3 is 0 Å². The number of fused-ring (bicyclic) bond motifs is 1. The number of piperidine rings is 1. The Morgan fingerprint density at radius 2 is 1.89 bits per heavy atom. The van der Waals surface area contributed by atoms with Crippen LogP contribution in [0.4, 0.5) is 0 Å². The van der Waals surface area contributed by atoms with E-state index in [1.54, 1.807) is 6.07 Å². The molecule has 7 nitrogen and oxygen atoms in total. The van der Waals surface area contributed by atoms with Gasteiger partial charge in [-0.1, -0.05) is 37.3 Å². The van der Waals surface area contributed by atoms with Gasteiger partial charge in [-0.3, -0.25) is 4.79 Å². The molecule has 0 aliphatic carbocycles. The van der Waals surface area contributed by atoms with Crippen LogP contribution in [0, 0.1) is 0 Å². The maximum Gasteiger partial charge on any atom is 0.250 e. The number of benzene rings is 2. The van der Waals surface area contributed by atoms with E-state index in [0.29, 0.717) is 42.8 Å². The summed E-state index contributed by atoms with van der Waals surface area (Å²) in [6.07, 6.45) is 5.59. The van der Waals surface area contributed by atoms with Gasteiger partial charge in [0.15, 0.2) is 0 Å². The van der Waals surface area contributed by atoms with Gasteiger partial charge in [-0.2, -0.15) is 0 Å². The van der Waals surface area contributed by atoms with Crippen molar-refractivity contribution in [1.29, 1.82) is 0 Å². The number of ether oxygens (including phenoxy) is 2. The molecule has 3 aromatic rings. The molecular formula is C27H35N3O4S. The standard InChI is InChI=1S/C27H35N3O4S/c1-2-35(32)30-12-10-21(11-13-30)25-18-29-26-23(25)16-22(17-24(26)27(28)31)34-15-7-6-14-33-19-20-8-4-3-5-9-20/h3-5,8-9,16-18,21,29H,2,6-7,10-15,19H2,1H3,(H2,28,31). The van der Waals surface area contributed by atoms with Crippen LogP contribution in [0.25, 0.3) is 10.9 Å². The Balaban J connectivity index is 1.35. The normalized spacial score (nSPS) is 15.9. The third-order valence-corrected chi connectivity index (χ3v) is 7.99. The number of carbonyl (C=O) groups is 1. The number of amides is 1. The van der Waals surface area contributed by atoms with Crippen LogP contribution in [0.3, 0.4) is 0 Å². The highest BCUT2D eigenvalue weighted by Crippen LogP contribution is 2.36. The van der Waals surface area contributed by atoms with Gasteiger partial charge in [-0.05, 0) is 54.9 Å². The molecule has 1 unspecified atom stereocenters. The van der Waals surface area contributed by atoms with E-state index in [1.165, 1.54) is 11.1 Å². The van der Waals surface area contributed by atoms with Crippen molar-refractivity contribution in [1.82, 2.24) is 9.29 Å². The molecule has 4 rings (SSSR count). The molecule has 1 aliphatic rings. The van der Waals surface area contributed by atoms with Crippen LogP contribution in [0.5, 0.6) is 5.75 Å². The van der Waals surface area contributed by atoms with Crippen molar-refractivity contribution in [3.05, 3.63) is 65.4 Å². The summed E-state index contributed by atoms with van der Waals surface area (Å²) in [5.41, 5.74) is 9.23. The van der Waals surface area contributed by atoms with E-state index in [4.69, 9.17) is 15.2 Å². The smallest absolute Gasteiger partial charge is 0.250 e. The van der Waals surface area contributed by atoms with E-state index >= 15 is 0 Å². The molecule has 2 aromatic carbocycles. The highest BCUT2D eigenvalue weighted by Gasteiger charge is 2.26. The first kappa shape index (κ1) is 25.4. The lowest BCUT2D eigenvalue weighted by molar-refractivity contribution is 0.100. The maximum atomic E-state index is 12.2. The van der Waals surface area contributed by atoms with E-state index in [1.807, 2.05) is 37.4 Å². The van der Waals surface area contributed by atoms with Crippen LogP contribution in [-0.4, -0.2) is 51.5 Å². The first-order valence-corrected chi connectivity index (χ1v) is 13.7. The van der Waals surface area contributed by atoms with Gasteiger partial charge in [0.2, 0.25) is 0 Å². The van der Waals surface area contributed by atoms with Gasteiger partial charge in [0.1, 0.15) is 5.75 Å². The van der Waals surface area contributed by atoms with Gasteiger partial charge in [-0.15, -0.1) is 0 Å². The molecule has 0 bridgehead atoms. The van der Waals surface area contributed by atoms with E-state index in [9.17, 15) is 9.00 Å². The van der Waals surface area contributed by atoms with Crippen LogP contribution in [0.1, 0.15) is 60.0 Å². The number of nitrogens with two attached hydrogens (primary N) is 1. The molecule has 0 saturated carbocycles. The third kappa shape index (κ3) is 6.51. The van der Waals surface area contributed by atoms with Gasteiger partial charge in [0, 0.05) is 37.0 Å². The summed E-state index contributed by atoms with van der Waals surface area (Å²) in [5.74, 6) is 1.17. The quantitative estimate of drug-likeness (QED) is 0.360. The Bertz CT molecular complexity index is 1140. The molecule has 0 spiro atoms. The molecule has 1 aromatic heterocycles. The molecule has 1 aliphatic heterocycles. The molecule has 1 saturated heterocycles. The topological polar surface area (TPSA) is 97.7 Å². The first-order chi connectivity index (χ1) is 17.1. The Kier molecular flexibility index (Phi) is 8.95. The number of nitrogens with zero attached hydrogens (tertiary/aromatic N) is 1. The minimum atomic E-state index is -0.898. The second-order valence-electron chi connectivity index (χ2n) is 8.91. The van der Waals surface area contributed by atoms with Crippen molar-refractivity contribution in [2.45, 2.75) is 45.1 Å². The molecular weight excluding hydrogens is 462 g/mol. The summed E-state index contributed by atoms with van der Waals surface area (Å²) >= 11 is 0. The number of nitrogens with one attached hydrogen (secondary N) is 1. The van der Waals surface area contributed by atoms with E-state index in [2.05, 4.69) is 21.4 Å². The number of rotatable bonds is 12. The summed E-state index contributed by atoms with van der Waals surface area (Å²) in [4.78, 5) is 15.4. The molecule has 3 N–H and O–H groups in total. The Hall–Kier alpha value is -2.68. The summed E-state index contributed by atoms with van der Waals surface area (Å²) in [6.45, 7) is 5.40. The van der Waals surface area contributed by atoms with Crippen LogP contribution >= 0.6 is 0 Å². The number of hydrogen-bond donors (Lipinski definition) is 2. The van der Waals surface area contributed by atoms with Gasteiger partial charge in [0.05, 0.1) is 35.3 Å². The molecule has 188 valence electrons. The second-order valence-corrected chi connectivity index (χ2v) is 10.6. The SMILES string of the molecule is CCS(=O)N1CCC(c2c[nH]c3c(C(N)=O)cc(OCCCCOCc4ccccc4)cc23)CC1. The Labute approximate surface area is 209 Å². The molecule has 35 heavy (non-hydrogen) atoms. The summed E-state index contributed by atoms with van der Waals surface area (Å²) in [7, 11) is -0.898. The fourth-order valence-electron chi connectivity index (χ4n) is 4.66. The average molecular weight is 498 g/mol. The minimum Gasteiger partial charge on any atom is -0.494 e. The van der Waals surface area contributed by atoms with Gasteiger partial charge in [0.25, 0.3) is 5.91 Å². The minimum absolute atomic E-state index is 0.339. The average Bonchev–Trinajstić information content (AvgIpc) is 3.31. The lowest BCUT2D eigenvalue weighted by atomic mass is 9.89. The van der Waals surface area contributed by atoms with Crippen molar-refractivity contribution in [3.8, 4) is 5.75 Å². The van der Waals surface area contributed by atoms with Crippen LogP contribution in [-0.2, 0) is 22.3 Å². The zero-order valence-corrected chi connectivity index (χ0v) is 21.1. The second kappa shape index (κ2) is 12.3. The highest BCUT2D eigenvalue weighted by molar-refractivity contribution is 7.82. The van der Waals surface area contributed by atoms with Crippen molar-refractivity contribution >= 4 is 27.8 Å². The summed E-state index contributed by atoms with van der Waals surface area (Å²) in [5, 5.41) is 0.984. The molecule has 1 atom stereocenters. The highest BCUT2D eigenvalue weighted by atomic mass is 32.2. The van der Waals surface area contributed by atoms with Crippen molar-refractivity contribution in [2.75, 3.05) is 32.1 Å². The fraction of sp³-hybridized carbons (Fsp3) is 0.444. The number of primary amides is 1. The van der Waals surface area contributed by atoms with E-state index in [0.717, 1.165) is 49.7 Å². The van der Waals surface area contributed by atoms with Gasteiger partial charge in [-0.25, -0.2) is 8.51 Å². The monoisotopic (exact) mass is 497 g/mol. The lowest BCUT2D eigenvalue weighted by Crippen LogP contribution is -2.35. The zero-order chi connectivity index (χ0) is 24.6. The van der Waals surface area contributed by atoms with Crippen LogP contribution in [0.15, 0.2) is 48.7 Å². The zero-order valence-electron chi connectivity index (χ0n) is 20.3. The predicted molar refractivity (Wildman–Crippen MR) is 140 cm³/mol. The van der Waals surface area contributed by atoms with Crippen molar-refractivity contribution in [3.63, 3.8) is 0 Å². The number of H-pyrrole nitrogens is 1. The maximum absolute atomic E-state index is 12.2. The fourth-order valence-corrected chi connectivity index (χ4v) is 5.64. The predicted octanol–water partition coefficient (Wildman–Crippen LogP) is 4.51. The van der Waals surface area contributed by atoms with Crippen molar-refractivity contribution < 1.29 is 18.5 Å². The lowest BCUT2D eigenvalue weighted by Gasteiger charge is -2.30. The summed E-state index contributed by atoms with van der Waals surface area (Å²) < 4.78 is 26.0. The number of carbonyl (C=O) groups excluding carboxylic acids is 1. The number of unbranched alkanes of at least 4 members (excludes halogenated alkanes) is 1. The number of hydrogen-bond acceptors (Lipinski definition) is 4. The Morgan fingerprint density at radius 3 is 2.60 bits per heavy atom. The van der Waals surface area contributed by atoms with Crippen LogP contribution < -0.4 is 10.5 Å².